The van der Waals surface area contributed by atoms with E-state index >= 15 is 0 Å². The molecule has 2 heterocycles. The van der Waals surface area contributed by atoms with Crippen molar-refractivity contribution < 1.29 is 4.74 Å². The molecule has 2 aliphatic rings. The van der Waals surface area contributed by atoms with E-state index in [1.165, 1.54) is 51.9 Å². The lowest BCUT2D eigenvalue weighted by atomic mass is 9.98. The molecule has 2 N–H and O–H groups in total. The van der Waals surface area contributed by atoms with Crippen molar-refractivity contribution in [2.24, 2.45) is 10.9 Å². The maximum Gasteiger partial charge on any atom is 0.191 e. The van der Waals surface area contributed by atoms with Gasteiger partial charge in [-0.25, -0.2) is 0 Å². The number of nitrogens with one attached hydrogen (secondary N) is 2. The summed E-state index contributed by atoms with van der Waals surface area (Å²) in [5.41, 5.74) is 0. The third kappa shape index (κ3) is 8.88. The number of halogens is 1. The first-order valence-corrected chi connectivity index (χ1v) is 9.58. The minimum atomic E-state index is 0. The van der Waals surface area contributed by atoms with Crippen LogP contribution in [0.4, 0.5) is 0 Å². The lowest BCUT2D eigenvalue weighted by Crippen LogP contribution is -2.50. The molecule has 0 aromatic carbocycles. The molecule has 0 saturated carbocycles. The molecule has 0 aromatic heterocycles. The Morgan fingerprint density at radius 3 is 2.60 bits per heavy atom. The Balaban J connectivity index is 0.00000312. The number of hydrogen-bond donors (Lipinski definition) is 2. The highest BCUT2D eigenvalue weighted by molar-refractivity contribution is 14.0. The molecule has 148 valence electrons. The summed E-state index contributed by atoms with van der Waals surface area (Å²) >= 11 is 0. The first kappa shape index (κ1) is 22.9. The second kappa shape index (κ2) is 13.1. The van der Waals surface area contributed by atoms with Gasteiger partial charge in [0, 0.05) is 59.5 Å². The fourth-order valence-corrected chi connectivity index (χ4v) is 3.80. The Hall–Kier alpha value is -0.120. The Kier molecular flexibility index (Phi) is 12.0. The van der Waals surface area contributed by atoms with Crippen molar-refractivity contribution in [1.29, 1.82) is 0 Å². The normalized spacial score (nSPS) is 24.0. The molecule has 0 radical (unpaired) electrons. The topological polar surface area (TPSA) is 52.1 Å². The van der Waals surface area contributed by atoms with Crippen LogP contribution in [0.5, 0.6) is 0 Å². The lowest BCUT2D eigenvalue weighted by molar-refractivity contribution is 0.155. The van der Waals surface area contributed by atoms with Gasteiger partial charge in [-0.3, -0.25) is 4.99 Å². The van der Waals surface area contributed by atoms with Gasteiger partial charge in [0.2, 0.25) is 0 Å². The molecule has 7 heteroatoms. The van der Waals surface area contributed by atoms with Crippen LogP contribution >= 0.6 is 24.0 Å². The summed E-state index contributed by atoms with van der Waals surface area (Å²) in [5, 5.41) is 7.16. The largest absolute Gasteiger partial charge is 0.385 e. The van der Waals surface area contributed by atoms with E-state index in [9.17, 15) is 0 Å². The molecule has 2 fully saturated rings. The van der Waals surface area contributed by atoms with Gasteiger partial charge < -0.3 is 25.2 Å². The zero-order valence-corrected chi connectivity index (χ0v) is 18.6. The first-order chi connectivity index (χ1) is 11.7. The van der Waals surface area contributed by atoms with Crippen LogP contribution in [0.15, 0.2) is 4.99 Å². The van der Waals surface area contributed by atoms with Crippen LogP contribution in [0.2, 0.25) is 0 Å². The third-order valence-electron chi connectivity index (χ3n) is 5.26. The van der Waals surface area contributed by atoms with E-state index in [1.807, 2.05) is 7.05 Å². The Bertz CT molecular complexity index is 374. The summed E-state index contributed by atoms with van der Waals surface area (Å²) in [5.74, 6) is 1.71. The van der Waals surface area contributed by atoms with E-state index in [2.05, 4.69) is 32.5 Å². The summed E-state index contributed by atoms with van der Waals surface area (Å²) in [6, 6.07) is 0.545. The van der Waals surface area contributed by atoms with E-state index in [0.29, 0.717) is 6.04 Å². The summed E-state index contributed by atoms with van der Waals surface area (Å²) < 4.78 is 5.14. The number of ether oxygens (including phenoxy) is 1. The molecule has 0 aliphatic carbocycles. The van der Waals surface area contributed by atoms with Crippen LogP contribution in [0.1, 0.15) is 32.1 Å². The highest BCUT2D eigenvalue weighted by atomic mass is 127. The number of nitrogens with zero attached hydrogens (tertiary/aromatic N) is 3. The zero-order chi connectivity index (χ0) is 17.2. The van der Waals surface area contributed by atoms with Gasteiger partial charge in [-0.05, 0) is 51.6 Å². The van der Waals surface area contributed by atoms with Gasteiger partial charge in [0.1, 0.15) is 0 Å². The van der Waals surface area contributed by atoms with Crippen LogP contribution in [-0.2, 0) is 4.74 Å². The second-order valence-corrected chi connectivity index (χ2v) is 7.33. The van der Waals surface area contributed by atoms with E-state index in [0.717, 1.165) is 38.0 Å². The van der Waals surface area contributed by atoms with Crippen LogP contribution in [0.3, 0.4) is 0 Å². The van der Waals surface area contributed by atoms with Gasteiger partial charge in [-0.1, -0.05) is 0 Å². The Labute approximate surface area is 171 Å². The summed E-state index contributed by atoms with van der Waals surface area (Å²) in [7, 11) is 5.88. The van der Waals surface area contributed by atoms with E-state index in [4.69, 9.17) is 4.74 Å². The number of methoxy groups -OCH3 is 1. The van der Waals surface area contributed by atoms with Crippen molar-refractivity contribution in [3.05, 3.63) is 0 Å². The monoisotopic (exact) mass is 467 g/mol. The Morgan fingerprint density at radius 2 is 1.96 bits per heavy atom. The molecule has 0 spiro atoms. The lowest BCUT2D eigenvalue weighted by Gasteiger charge is -2.34. The average Bonchev–Trinajstić information content (AvgIpc) is 2.60. The predicted molar refractivity (Wildman–Crippen MR) is 116 cm³/mol. The minimum absolute atomic E-state index is 0. The maximum absolute atomic E-state index is 5.14. The first-order valence-electron chi connectivity index (χ1n) is 9.58. The SMILES string of the molecule is CN=C(NCC1CCCN(C)C1)NC1CCN(CCCOC)CC1.I. The number of piperidine rings is 2. The van der Waals surface area contributed by atoms with Crippen molar-refractivity contribution in [1.82, 2.24) is 20.4 Å². The van der Waals surface area contributed by atoms with Crippen LogP contribution < -0.4 is 10.6 Å². The fraction of sp³-hybridized carbons (Fsp3) is 0.944. The molecule has 6 nitrogen and oxygen atoms in total. The number of rotatable bonds is 7. The summed E-state index contributed by atoms with van der Waals surface area (Å²) in [6.45, 7) is 7.83. The van der Waals surface area contributed by atoms with Crippen LogP contribution in [0.25, 0.3) is 0 Å². The highest BCUT2D eigenvalue weighted by Gasteiger charge is 2.21. The summed E-state index contributed by atoms with van der Waals surface area (Å²) in [6.07, 6.45) is 6.16. The van der Waals surface area contributed by atoms with Crippen molar-refractivity contribution in [3.8, 4) is 0 Å². The summed E-state index contributed by atoms with van der Waals surface area (Å²) in [4.78, 5) is 9.40. The number of hydrogen-bond acceptors (Lipinski definition) is 4. The fourth-order valence-electron chi connectivity index (χ4n) is 3.80. The molecule has 0 aromatic rings. The van der Waals surface area contributed by atoms with Gasteiger partial charge in [0.15, 0.2) is 5.96 Å². The molecule has 1 unspecified atom stereocenters. The van der Waals surface area contributed by atoms with Gasteiger partial charge in [-0.15, -0.1) is 24.0 Å². The standard InChI is InChI=1S/C18H37N5O.HI/c1-19-18(20-14-16-6-4-9-22(2)15-16)21-17-7-11-23(12-8-17)10-5-13-24-3;/h16-17H,4-15H2,1-3H3,(H2,19,20,21);1H. The average molecular weight is 467 g/mol. The molecule has 0 bridgehead atoms. The Morgan fingerprint density at radius 1 is 1.20 bits per heavy atom. The predicted octanol–water partition coefficient (Wildman–Crippen LogP) is 1.61. The quantitative estimate of drug-likeness (QED) is 0.258. The van der Waals surface area contributed by atoms with Crippen molar-refractivity contribution in [3.63, 3.8) is 0 Å². The number of guanidine groups is 1. The van der Waals surface area contributed by atoms with Gasteiger partial charge in [-0.2, -0.15) is 0 Å². The van der Waals surface area contributed by atoms with Crippen molar-refractivity contribution >= 4 is 29.9 Å². The highest BCUT2D eigenvalue weighted by Crippen LogP contribution is 2.14. The molecular formula is C18H38IN5O. The van der Waals surface area contributed by atoms with Crippen LogP contribution in [0, 0.1) is 5.92 Å². The molecule has 0 amide bonds. The second-order valence-electron chi connectivity index (χ2n) is 7.33. The molecule has 2 saturated heterocycles. The van der Waals surface area contributed by atoms with Gasteiger partial charge in [0.05, 0.1) is 0 Å². The van der Waals surface area contributed by atoms with E-state index in [1.54, 1.807) is 7.11 Å². The molecule has 2 rings (SSSR count). The van der Waals surface area contributed by atoms with Crippen LogP contribution in [-0.4, -0.2) is 88.9 Å². The molecule has 1 atom stereocenters. The zero-order valence-electron chi connectivity index (χ0n) is 16.3. The number of aliphatic imine (C=N–C) groups is 1. The van der Waals surface area contributed by atoms with Gasteiger partial charge >= 0.3 is 0 Å². The molecular weight excluding hydrogens is 429 g/mol. The molecule has 25 heavy (non-hydrogen) atoms. The van der Waals surface area contributed by atoms with E-state index in [-0.39, 0.29) is 24.0 Å². The van der Waals surface area contributed by atoms with Gasteiger partial charge in [0.25, 0.3) is 0 Å². The van der Waals surface area contributed by atoms with Crippen molar-refractivity contribution in [2.75, 3.05) is 67.1 Å². The molecule has 2 aliphatic heterocycles. The smallest absolute Gasteiger partial charge is 0.191 e. The third-order valence-corrected chi connectivity index (χ3v) is 5.26. The van der Waals surface area contributed by atoms with E-state index < -0.39 is 0 Å². The maximum atomic E-state index is 5.14. The number of likely N-dealkylation sites (tertiary alicyclic amines) is 2. The minimum Gasteiger partial charge on any atom is -0.385 e. The van der Waals surface area contributed by atoms with Crippen molar-refractivity contribution in [2.45, 2.75) is 38.1 Å².